The summed E-state index contributed by atoms with van der Waals surface area (Å²) in [6.07, 6.45) is 19.9. The maximum Gasteiger partial charge on any atom is 0.126 e. The fraction of sp³-hybridized carbons (Fsp3) is 0.120. The summed E-state index contributed by atoms with van der Waals surface area (Å²) in [5.41, 5.74) is 2.10. The van der Waals surface area contributed by atoms with Crippen molar-refractivity contribution in [3.63, 3.8) is 0 Å². The van der Waals surface area contributed by atoms with Crippen LogP contribution in [0.25, 0.3) is 12.2 Å². The molecule has 0 unspecified atom stereocenters. The molecule has 3 heteroatoms. The van der Waals surface area contributed by atoms with E-state index in [1.54, 1.807) is 21.3 Å². The van der Waals surface area contributed by atoms with Gasteiger partial charge in [0.05, 0.1) is 21.3 Å². The zero-order valence-electron chi connectivity index (χ0n) is 16.5. The highest BCUT2D eigenvalue weighted by Crippen LogP contribution is 2.25. The summed E-state index contributed by atoms with van der Waals surface area (Å²) in [5.74, 6) is 2.48. The van der Waals surface area contributed by atoms with Crippen molar-refractivity contribution in [2.24, 2.45) is 0 Å². The largest absolute Gasteiger partial charge is 0.497 e. The third-order valence-electron chi connectivity index (χ3n) is 3.89. The second kappa shape index (κ2) is 12.0. The van der Waals surface area contributed by atoms with E-state index >= 15 is 0 Å². The Bertz CT molecular complexity index is 869. The van der Waals surface area contributed by atoms with Gasteiger partial charge < -0.3 is 14.2 Å². The zero-order valence-corrected chi connectivity index (χ0v) is 16.5. The SMILES string of the molecule is COc1ccc(/C=C/C=C/C=C/C=C/C=C/c2cc(OC)ccc2OC)cc1. The van der Waals surface area contributed by atoms with Crippen molar-refractivity contribution in [3.05, 3.63) is 102 Å². The van der Waals surface area contributed by atoms with Crippen LogP contribution in [-0.2, 0) is 0 Å². The van der Waals surface area contributed by atoms with Gasteiger partial charge in [0.25, 0.3) is 0 Å². The molecule has 0 aromatic heterocycles. The molecule has 0 atom stereocenters. The lowest BCUT2D eigenvalue weighted by Gasteiger charge is -2.06. The van der Waals surface area contributed by atoms with Gasteiger partial charge in [-0.15, -0.1) is 0 Å². The van der Waals surface area contributed by atoms with Crippen LogP contribution in [0.2, 0.25) is 0 Å². The summed E-state index contributed by atoms with van der Waals surface area (Å²) < 4.78 is 15.7. The Morgan fingerprint density at radius 1 is 0.536 bits per heavy atom. The van der Waals surface area contributed by atoms with E-state index in [0.717, 1.165) is 28.4 Å². The van der Waals surface area contributed by atoms with Crippen LogP contribution in [0, 0.1) is 0 Å². The number of ether oxygens (including phenoxy) is 3. The molecule has 0 saturated carbocycles. The van der Waals surface area contributed by atoms with E-state index in [2.05, 4.69) is 0 Å². The molecule has 0 radical (unpaired) electrons. The van der Waals surface area contributed by atoms with Crippen LogP contribution in [0.5, 0.6) is 17.2 Å². The van der Waals surface area contributed by atoms with E-state index in [4.69, 9.17) is 14.2 Å². The van der Waals surface area contributed by atoms with Gasteiger partial charge in [-0.1, -0.05) is 72.9 Å². The highest BCUT2D eigenvalue weighted by molar-refractivity contribution is 5.60. The van der Waals surface area contributed by atoms with E-state index in [1.807, 2.05) is 103 Å². The molecule has 28 heavy (non-hydrogen) atoms. The smallest absolute Gasteiger partial charge is 0.126 e. The Hall–Kier alpha value is -3.46. The van der Waals surface area contributed by atoms with E-state index in [0.29, 0.717) is 0 Å². The molecule has 2 aromatic carbocycles. The Balaban J connectivity index is 1.82. The van der Waals surface area contributed by atoms with Gasteiger partial charge in [0.15, 0.2) is 0 Å². The Morgan fingerprint density at radius 3 is 1.64 bits per heavy atom. The van der Waals surface area contributed by atoms with Crippen molar-refractivity contribution < 1.29 is 14.2 Å². The maximum atomic E-state index is 5.35. The van der Waals surface area contributed by atoms with E-state index in [1.165, 1.54) is 0 Å². The third-order valence-corrected chi connectivity index (χ3v) is 3.89. The van der Waals surface area contributed by atoms with Gasteiger partial charge in [-0.2, -0.15) is 0 Å². The van der Waals surface area contributed by atoms with Crippen LogP contribution in [0.1, 0.15) is 11.1 Å². The van der Waals surface area contributed by atoms with Crippen molar-refractivity contribution in [1.82, 2.24) is 0 Å². The molecular weight excluding hydrogens is 348 g/mol. The topological polar surface area (TPSA) is 27.7 Å². The minimum atomic E-state index is 0.803. The van der Waals surface area contributed by atoms with Crippen molar-refractivity contribution >= 4 is 12.2 Å². The Morgan fingerprint density at radius 2 is 1.07 bits per heavy atom. The average molecular weight is 374 g/mol. The lowest BCUT2D eigenvalue weighted by atomic mass is 10.1. The molecule has 0 fully saturated rings. The summed E-state index contributed by atoms with van der Waals surface area (Å²) >= 11 is 0. The number of methoxy groups -OCH3 is 3. The van der Waals surface area contributed by atoms with Gasteiger partial charge in [0.2, 0.25) is 0 Å². The number of allylic oxidation sites excluding steroid dienone is 8. The summed E-state index contributed by atoms with van der Waals surface area (Å²) in [5, 5.41) is 0. The average Bonchev–Trinajstić information content (AvgIpc) is 2.75. The van der Waals surface area contributed by atoms with Crippen LogP contribution in [0.3, 0.4) is 0 Å². The molecule has 144 valence electrons. The summed E-state index contributed by atoms with van der Waals surface area (Å²) in [6, 6.07) is 13.6. The minimum absolute atomic E-state index is 0.803. The van der Waals surface area contributed by atoms with Crippen LogP contribution in [0.4, 0.5) is 0 Å². The predicted octanol–water partition coefficient (Wildman–Crippen LogP) is 6.11. The fourth-order valence-electron chi connectivity index (χ4n) is 2.40. The van der Waals surface area contributed by atoms with Crippen LogP contribution < -0.4 is 14.2 Å². The second-order valence-electron chi connectivity index (χ2n) is 5.75. The molecule has 0 N–H and O–H groups in total. The summed E-state index contributed by atoms with van der Waals surface area (Å²) in [6.45, 7) is 0. The first kappa shape index (κ1) is 20.8. The number of hydrogen-bond donors (Lipinski definition) is 0. The molecule has 2 aromatic rings. The normalized spacial score (nSPS) is 12.1. The Kier molecular flexibility index (Phi) is 8.95. The molecule has 0 spiro atoms. The monoisotopic (exact) mass is 374 g/mol. The standard InChI is InChI=1S/C25H26O3/c1-26-23-16-14-21(15-17-23)12-10-8-6-4-5-7-9-11-13-22-20-24(27-2)18-19-25(22)28-3/h4-20H,1-3H3/b5-4+,8-6+,9-7+,12-10+,13-11+. The van der Waals surface area contributed by atoms with Crippen molar-refractivity contribution in [2.75, 3.05) is 21.3 Å². The molecule has 0 bridgehead atoms. The molecule has 2 rings (SSSR count). The molecule has 0 saturated heterocycles. The first-order valence-corrected chi connectivity index (χ1v) is 8.97. The fourth-order valence-corrected chi connectivity index (χ4v) is 2.40. The maximum absolute atomic E-state index is 5.35. The Labute approximate surface area is 167 Å². The first-order chi connectivity index (χ1) is 13.8. The lowest BCUT2D eigenvalue weighted by Crippen LogP contribution is -1.89. The van der Waals surface area contributed by atoms with Gasteiger partial charge in [-0.3, -0.25) is 0 Å². The molecule has 0 aliphatic rings. The predicted molar refractivity (Wildman–Crippen MR) is 118 cm³/mol. The second-order valence-corrected chi connectivity index (χ2v) is 5.75. The van der Waals surface area contributed by atoms with Gasteiger partial charge >= 0.3 is 0 Å². The van der Waals surface area contributed by atoms with Gasteiger partial charge in [-0.25, -0.2) is 0 Å². The van der Waals surface area contributed by atoms with Crippen molar-refractivity contribution in [3.8, 4) is 17.2 Å². The number of rotatable bonds is 9. The van der Waals surface area contributed by atoms with Gasteiger partial charge in [-0.05, 0) is 35.9 Å². The quantitative estimate of drug-likeness (QED) is 0.496. The van der Waals surface area contributed by atoms with Crippen molar-refractivity contribution in [1.29, 1.82) is 0 Å². The van der Waals surface area contributed by atoms with Crippen molar-refractivity contribution in [2.45, 2.75) is 0 Å². The van der Waals surface area contributed by atoms with Crippen LogP contribution >= 0.6 is 0 Å². The van der Waals surface area contributed by atoms with Gasteiger partial charge in [0.1, 0.15) is 17.2 Å². The highest BCUT2D eigenvalue weighted by Gasteiger charge is 2.00. The molecule has 0 heterocycles. The van der Waals surface area contributed by atoms with Gasteiger partial charge in [0, 0.05) is 5.56 Å². The lowest BCUT2D eigenvalue weighted by molar-refractivity contribution is 0.402. The third kappa shape index (κ3) is 7.04. The molecular formula is C25H26O3. The van der Waals surface area contributed by atoms with E-state index < -0.39 is 0 Å². The molecule has 0 aliphatic carbocycles. The highest BCUT2D eigenvalue weighted by atomic mass is 16.5. The minimum Gasteiger partial charge on any atom is -0.497 e. The van der Waals surface area contributed by atoms with E-state index in [9.17, 15) is 0 Å². The first-order valence-electron chi connectivity index (χ1n) is 8.97. The molecule has 0 aliphatic heterocycles. The molecule has 3 nitrogen and oxygen atoms in total. The van der Waals surface area contributed by atoms with Crippen LogP contribution in [-0.4, -0.2) is 21.3 Å². The molecule has 0 amide bonds. The summed E-state index contributed by atoms with van der Waals surface area (Å²) in [4.78, 5) is 0. The van der Waals surface area contributed by atoms with E-state index in [-0.39, 0.29) is 0 Å². The van der Waals surface area contributed by atoms with Crippen LogP contribution in [0.15, 0.2) is 91.1 Å². The number of hydrogen-bond acceptors (Lipinski definition) is 3. The zero-order chi connectivity index (χ0) is 20.0. The number of benzene rings is 2. The summed E-state index contributed by atoms with van der Waals surface area (Å²) in [7, 11) is 4.98.